The van der Waals surface area contributed by atoms with Crippen LogP contribution in [0.15, 0.2) is 24.3 Å². The number of fused-ring (bicyclic) bond motifs is 1. The molecule has 1 N–H and O–H groups in total. The fourth-order valence-corrected chi connectivity index (χ4v) is 3.80. The molecule has 1 aliphatic rings. The van der Waals surface area contributed by atoms with Gasteiger partial charge in [0.15, 0.2) is 0 Å². The van der Waals surface area contributed by atoms with Crippen LogP contribution in [0.3, 0.4) is 0 Å². The van der Waals surface area contributed by atoms with Crippen LogP contribution in [0.25, 0.3) is 0 Å². The van der Waals surface area contributed by atoms with E-state index in [2.05, 4.69) is 5.32 Å². The monoisotopic (exact) mass is 440 g/mol. The van der Waals surface area contributed by atoms with Crippen molar-refractivity contribution in [2.45, 2.75) is 40.8 Å². The highest BCUT2D eigenvalue weighted by Gasteiger charge is 2.31. The fraction of sp³-hybridized carbons (Fsp3) is 0.375. The molecule has 170 valence electrons. The zero-order valence-electron chi connectivity index (χ0n) is 19.0. The van der Waals surface area contributed by atoms with Crippen LogP contribution in [0.2, 0.25) is 0 Å². The first-order chi connectivity index (χ1) is 15.2. The van der Waals surface area contributed by atoms with E-state index in [1.807, 2.05) is 18.2 Å². The second-order valence-corrected chi connectivity index (χ2v) is 7.71. The summed E-state index contributed by atoms with van der Waals surface area (Å²) in [5, 5.41) is 3.35. The van der Waals surface area contributed by atoms with Gasteiger partial charge >= 0.3 is 11.9 Å². The number of carbonyl (C=O) groups excluding carboxylic acids is 3. The van der Waals surface area contributed by atoms with Crippen LogP contribution >= 0.6 is 0 Å². The molecule has 1 aliphatic heterocycles. The van der Waals surface area contributed by atoms with Gasteiger partial charge in [-0.1, -0.05) is 12.1 Å². The van der Waals surface area contributed by atoms with Crippen molar-refractivity contribution >= 4 is 23.5 Å². The molecule has 32 heavy (non-hydrogen) atoms. The molecule has 1 heterocycles. The summed E-state index contributed by atoms with van der Waals surface area (Å²) >= 11 is 0. The lowest BCUT2D eigenvalue weighted by atomic mass is 10.00. The Bertz CT molecular complexity index is 1060. The lowest BCUT2D eigenvalue weighted by Crippen LogP contribution is -2.27. The Morgan fingerprint density at radius 2 is 1.69 bits per heavy atom. The first-order valence-electron chi connectivity index (χ1n) is 10.4. The smallest absolute Gasteiger partial charge is 0.308 e. The van der Waals surface area contributed by atoms with Crippen LogP contribution in [0.4, 0.5) is 5.69 Å². The number of hydrogen-bond donors (Lipinski definition) is 1. The molecule has 1 amide bonds. The SMILES string of the molecule is COCCNc1cccc2c1CN(C(=O)c1c(OC(C)=O)cc(OC(C)=O)c(C)c1C)C2. The number of anilines is 1. The Kier molecular flexibility index (Phi) is 7.15. The molecule has 8 nitrogen and oxygen atoms in total. The molecule has 0 fully saturated rings. The van der Waals surface area contributed by atoms with Crippen molar-refractivity contribution in [3.8, 4) is 11.5 Å². The highest BCUT2D eigenvalue weighted by molar-refractivity contribution is 6.00. The maximum Gasteiger partial charge on any atom is 0.308 e. The van der Waals surface area contributed by atoms with E-state index in [4.69, 9.17) is 14.2 Å². The van der Waals surface area contributed by atoms with Crippen molar-refractivity contribution < 1.29 is 28.6 Å². The average molecular weight is 440 g/mol. The van der Waals surface area contributed by atoms with Gasteiger partial charge < -0.3 is 24.4 Å². The molecule has 0 bridgehead atoms. The topological polar surface area (TPSA) is 94.2 Å². The Hall–Kier alpha value is -3.39. The second-order valence-electron chi connectivity index (χ2n) is 7.71. The maximum atomic E-state index is 13.6. The van der Waals surface area contributed by atoms with Crippen LogP contribution in [-0.2, 0) is 27.4 Å². The zero-order valence-corrected chi connectivity index (χ0v) is 19.0. The predicted octanol–water partition coefficient (Wildman–Crippen LogP) is 3.37. The van der Waals surface area contributed by atoms with Gasteiger partial charge in [0, 0.05) is 52.3 Å². The molecule has 2 aromatic rings. The Labute approximate surface area is 187 Å². The summed E-state index contributed by atoms with van der Waals surface area (Å²) in [5.74, 6) is -0.974. The van der Waals surface area contributed by atoms with E-state index >= 15 is 0 Å². The minimum absolute atomic E-state index is 0.0799. The summed E-state index contributed by atoms with van der Waals surface area (Å²) < 4.78 is 15.7. The number of esters is 2. The Balaban J connectivity index is 1.94. The van der Waals surface area contributed by atoms with Crippen molar-refractivity contribution in [3.63, 3.8) is 0 Å². The molecule has 0 unspecified atom stereocenters. The van der Waals surface area contributed by atoms with E-state index in [9.17, 15) is 14.4 Å². The number of benzene rings is 2. The van der Waals surface area contributed by atoms with Gasteiger partial charge in [-0.05, 0) is 42.2 Å². The van der Waals surface area contributed by atoms with E-state index in [0.717, 1.165) is 16.8 Å². The van der Waals surface area contributed by atoms with Gasteiger partial charge in [-0.2, -0.15) is 0 Å². The molecular weight excluding hydrogens is 412 g/mol. The molecule has 3 rings (SSSR count). The summed E-state index contributed by atoms with van der Waals surface area (Å²) in [6.45, 7) is 8.17. The van der Waals surface area contributed by atoms with Crippen LogP contribution in [0.5, 0.6) is 11.5 Å². The zero-order chi connectivity index (χ0) is 23.4. The van der Waals surface area contributed by atoms with Crippen LogP contribution < -0.4 is 14.8 Å². The van der Waals surface area contributed by atoms with E-state index in [1.165, 1.54) is 19.9 Å². The number of amides is 1. The van der Waals surface area contributed by atoms with E-state index in [-0.39, 0.29) is 23.0 Å². The normalized spacial score (nSPS) is 12.3. The fourth-order valence-electron chi connectivity index (χ4n) is 3.80. The van der Waals surface area contributed by atoms with Gasteiger partial charge in [0.05, 0.1) is 12.2 Å². The van der Waals surface area contributed by atoms with Crippen LogP contribution in [0, 0.1) is 13.8 Å². The number of methoxy groups -OCH3 is 1. The van der Waals surface area contributed by atoms with Crippen molar-refractivity contribution in [3.05, 3.63) is 52.1 Å². The molecule has 0 aromatic heterocycles. The summed E-state index contributed by atoms with van der Waals surface area (Å²) in [7, 11) is 1.65. The number of ether oxygens (including phenoxy) is 3. The van der Waals surface area contributed by atoms with Gasteiger partial charge in [-0.15, -0.1) is 0 Å². The van der Waals surface area contributed by atoms with E-state index in [1.54, 1.807) is 25.9 Å². The van der Waals surface area contributed by atoms with Crippen molar-refractivity contribution in [2.24, 2.45) is 0 Å². The quantitative estimate of drug-likeness (QED) is 0.401. The molecule has 0 saturated heterocycles. The molecular formula is C24H28N2O6. The molecule has 0 saturated carbocycles. The van der Waals surface area contributed by atoms with E-state index < -0.39 is 11.9 Å². The summed E-state index contributed by atoms with van der Waals surface area (Å²) in [4.78, 5) is 38.5. The lowest BCUT2D eigenvalue weighted by Gasteiger charge is -2.21. The number of hydrogen-bond acceptors (Lipinski definition) is 7. The molecule has 8 heteroatoms. The maximum absolute atomic E-state index is 13.6. The van der Waals surface area contributed by atoms with Crippen LogP contribution in [-0.4, -0.2) is 43.0 Å². The molecule has 2 aromatic carbocycles. The predicted molar refractivity (Wildman–Crippen MR) is 119 cm³/mol. The van der Waals surface area contributed by atoms with Crippen molar-refractivity contribution in [1.82, 2.24) is 4.90 Å². The first-order valence-corrected chi connectivity index (χ1v) is 10.4. The standard InChI is InChI=1S/C24H28N2O6/c1-14-15(2)23(22(32-17(4)28)11-21(14)31-16(3)27)24(29)26-12-18-7-6-8-20(19(18)13-26)25-9-10-30-5/h6-8,11,25H,9-10,12-13H2,1-5H3. The third-order valence-corrected chi connectivity index (χ3v) is 5.43. The van der Waals surface area contributed by atoms with E-state index in [0.29, 0.717) is 37.4 Å². The van der Waals surface area contributed by atoms with Gasteiger partial charge in [0.25, 0.3) is 5.91 Å². The number of rotatable bonds is 7. The largest absolute Gasteiger partial charge is 0.426 e. The highest BCUT2D eigenvalue weighted by atomic mass is 16.5. The third kappa shape index (κ3) is 4.91. The molecule has 0 radical (unpaired) electrons. The summed E-state index contributed by atoms with van der Waals surface area (Å²) in [6.07, 6.45) is 0. The Morgan fingerprint density at radius 1 is 1.00 bits per heavy atom. The number of carbonyl (C=O) groups is 3. The second kappa shape index (κ2) is 9.82. The third-order valence-electron chi connectivity index (χ3n) is 5.43. The average Bonchev–Trinajstić information content (AvgIpc) is 3.16. The highest BCUT2D eigenvalue weighted by Crippen LogP contribution is 2.37. The molecule has 0 aliphatic carbocycles. The van der Waals surface area contributed by atoms with Gasteiger partial charge in [0.2, 0.25) is 0 Å². The molecule has 0 atom stereocenters. The number of nitrogens with one attached hydrogen (secondary N) is 1. The first kappa shape index (κ1) is 23.3. The summed E-state index contributed by atoms with van der Waals surface area (Å²) in [6, 6.07) is 7.36. The molecule has 0 spiro atoms. The van der Waals surface area contributed by atoms with Gasteiger partial charge in [-0.3, -0.25) is 14.4 Å². The van der Waals surface area contributed by atoms with Gasteiger partial charge in [-0.25, -0.2) is 0 Å². The minimum atomic E-state index is -0.564. The summed E-state index contributed by atoms with van der Waals surface area (Å²) in [5.41, 5.74) is 4.60. The Morgan fingerprint density at radius 3 is 2.34 bits per heavy atom. The lowest BCUT2D eigenvalue weighted by molar-refractivity contribution is -0.132. The number of nitrogens with zero attached hydrogens (tertiary/aromatic N) is 1. The van der Waals surface area contributed by atoms with Gasteiger partial charge in [0.1, 0.15) is 11.5 Å². The van der Waals surface area contributed by atoms with Crippen molar-refractivity contribution in [1.29, 1.82) is 0 Å². The van der Waals surface area contributed by atoms with Crippen molar-refractivity contribution in [2.75, 3.05) is 25.6 Å². The minimum Gasteiger partial charge on any atom is -0.426 e. The van der Waals surface area contributed by atoms with Crippen LogP contribution in [0.1, 0.15) is 46.5 Å².